The molecule has 0 aromatic heterocycles. The topological polar surface area (TPSA) is 117 Å². The van der Waals surface area contributed by atoms with E-state index in [1.165, 1.54) is 23.1 Å². The van der Waals surface area contributed by atoms with Gasteiger partial charge in [-0.3, -0.25) is 19.7 Å². The lowest BCUT2D eigenvalue weighted by Gasteiger charge is -2.27. The minimum Gasteiger partial charge on any atom is -0.872 e. The predicted octanol–water partition coefficient (Wildman–Crippen LogP) is 1.85. The maximum atomic E-state index is 13.7. The smallest absolute Gasteiger partial charge is 0.295 e. The zero-order valence-corrected chi connectivity index (χ0v) is 21.5. The molecule has 38 heavy (non-hydrogen) atoms. The molecule has 3 aromatic carbocycles. The molecule has 0 bridgehead atoms. The summed E-state index contributed by atoms with van der Waals surface area (Å²) in [4.78, 5) is 39.5. The van der Waals surface area contributed by atoms with Crippen LogP contribution in [0.4, 0.5) is 5.69 Å². The Hall–Kier alpha value is -4.50. The highest BCUT2D eigenvalue weighted by atomic mass is 16.6. The molecule has 196 valence electrons. The molecule has 0 spiro atoms. The highest BCUT2D eigenvalue weighted by Crippen LogP contribution is 2.39. The number of non-ortho nitro benzene ring substituents is 1. The third-order valence-corrected chi connectivity index (χ3v) is 6.45. The number of nitrogens with one attached hydrogen (secondary N) is 1. The van der Waals surface area contributed by atoms with Crippen LogP contribution in [0.5, 0.6) is 5.75 Å². The molecule has 9 heteroatoms. The van der Waals surface area contributed by atoms with Gasteiger partial charge in [0.2, 0.25) is 5.78 Å². The number of quaternary nitrogens is 1. The molecular formula is C29H29N3O6. The first-order chi connectivity index (χ1) is 18.2. The Kier molecular flexibility index (Phi) is 7.87. The van der Waals surface area contributed by atoms with E-state index in [2.05, 4.69) is 0 Å². The summed E-state index contributed by atoms with van der Waals surface area (Å²) < 4.78 is 5.91. The lowest BCUT2D eigenvalue weighted by atomic mass is 9.94. The van der Waals surface area contributed by atoms with Crippen molar-refractivity contribution in [2.75, 3.05) is 27.2 Å². The van der Waals surface area contributed by atoms with E-state index in [0.717, 1.165) is 10.5 Å². The molecular weight excluding hydrogens is 486 g/mol. The molecule has 1 unspecified atom stereocenters. The maximum Gasteiger partial charge on any atom is 0.295 e. The number of ether oxygens (including phenoxy) is 1. The number of rotatable bonds is 9. The summed E-state index contributed by atoms with van der Waals surface area (Å²) in [5.74, 6) is -1.67. The second kappa shape index (κ2) is 11.3. The lowest BCUT2D eigenvalue weighted by Crippen LogP contribution is -3.06. The van der Waals surface area contributed by atoms with Crippen LogP contribution < -0.4 is 14.7 Å². The maximum absolute atomic E-state index is 13.7. The van der Waals surface area contributed by atoms with Crippen molar-refractivity contribution >= 4 is 23.1 Å². The number of aryl methyl sites for hydroxylation is 1. The fourth-order valence-electron chi connectivity index (χ4n) is 4.44. The van der Waals surface area contributed by atoms with Gasteiger partial charge in [0.05, 0.1) is 38.2 Å². The first-order valence-electron chi connectivity index (χ1n) is 12.2. The fraction of sp³-hybridized carbons (Fsp3) is 0.241. The Balaban J connectivity index is 1.73. The summed E-state index contributed by atoms with van der Waals surface area (Å²) in [5, 5.41) is 25.1. The zero-order valence-electron chi connectivity index (χ0n) is 21.5. The predicted molar refractivity (Wildman–Crippen MR) is 139 cm³/mol. The van der Waals surface area contributed by atoms with E-state index in [1.54, 1.807) is 31.2 Å². The third kappa shape index (κ3) is 5.57. The lowest BCUT2D eigenvalue weighted by molar-refractivity contribution is -0.857. The molecule has 1 aliphatic rings. The molecule has 1 heterocycles. The number of likely N-dealkylation sites (tertiary alicyclic amines) is 1. The number of amides is 1. The van der Waals surface area contributed by atoms with Gasteiger partial charge in [-0.05, 0) is 41.3 Å². The van der Waals surface area contributed by atoms with Crippen LogP contribution >= 0.6 is 0 Å². The van der Waals surface area contributed by atoms with Crippen molar-refractivity contribution in [3.63, 3.8) is 0 Å². The van der Waals surface area contributed by atoms with Gasteiger partial charge in [-0.2, -0.15) is 0 Å². The first kappa shape index (κ1) is 26.6. The minimum atomic E-state index is -1.02. The molecule has 4 rings (SSSR count). The molecule has 9 nitrogen and oxygen atoms in total. The van der Waals surface area contributed by atoms with E-state index >= 15 is 0 Å². The van der Waals surface area contributed by atoms with Crippen LogP contribution in [0.2, 0.25) is 0 Å². The van der Waals surface area contributed by atoms with Gasteiger partial charge < -0.3 is 19.6 Å². The SMILES string of the molecule is Cc1cc(/C([O-])=C2\C(=O)C(=O)N(CC[NH+](C)C)C2c2cccc([N+](=O)[O-])c2)ccc1OCc1ccccc1. The van der Waals surface area contributed by atoms with Crippen molar-refractivity contribution < 1.29 is 29.3 Å². The standard InChI is InChI=1S/C29H29N3O6/c1-19-16-22(12-13-24(19)38-18-20-8-5-4-6-9-20)27(33)25-26(21-10-7-11-23(17-21)32(36)37)31(15-14-30(2)3)29(35)28(25)34/h4-13,16-17,26,33H,14-15,18H2,1-3H3/b27-25+. The first-order valence-corrected chi connectivity index (χ1v) is 12.2. The number of ketones is 1. The van der Waals surface area contributed by atoms with Crippen LogP contribution in [0.1, 0.15) is 28.3 Å². The Morgan fingerprint density at radius 1 is 1.03 bits per heavy atom. The van der Waals surface area contributed by atoms with E-state index in [1.807, 2.05) is 44.4 Å². The molecule has 1 atom stereocenters. The van der Waals surface area contributed by atoms with E-state index in [4.69, 9.17) is 4.74 Å². The largest absolute Gasteiger partial charge is 0.872 e. The number of benzene rings is 3. The van der Waals surface area contributed by atoms with E-state index in [0.29, 0.717) is 30.0 Å². The van der Waals surface area contributed by atoms with E-state index in [9.17, 15) is 24.8 Å². The normalized spacial score (nSPS) is 16.7. The summed E-state index contributed by atoms with van der Waals surface area (Å²) in [6, 6.07) is 19.2. The van der Waals surface area contributed by atoms with Crippen molar-refractivity contribution in [2.45, 2.75) is 19.6 Å². The number of likely N-dealkylation sites (N-methyl/N-ethyl adjacent to an activating group) is 1. The van der Waals surface area contributed by atoms with Gasteiger partial charge in [-0.25, -0.2) is 0 Å². The summed E-state index contributed by atoms with van der Waals surface area (Å²) in [7, 11) is 3.81. The molecule has 1 fully saturated rings. The van der Waals surface area contributed by atoms with Crippen LogP contribution in [-0.2, 0) is 16.2 Å². The molecule has 1 aliphatic heterocycles. The third-order valence-electron chi connectivity index (χ3n) is 6.45. The number of carbonyl (C=O) groups is 2. The van der Waals surface area contributed by atoms with Crippen LogP contribution in [-0.4, -0.2) is 48.7 Å². The van der Waals surface area contributed by atoms with Crippen molar-refractivity contribution in [1.29, 1.82) is 0 Å². The monoisotopic (exact) mass is 515 g/mol. The number of Topliss-reactive ketones (excluding diaryl/α,β-unsaturated/α-hetero) is 1. The number of carbonyl (C=O) groups excluding carboxylic acids is 2. The minimum absolute atomic E-state index is 0.185. The second-order valence-electron chi connectivity index (χ2n) is 9.54. The van der Waals surface area contributed by atoms with Crippen molar-refractivity contribution in [1.82, 2.24) is 4.90 Å². The van der Waals surface area contributed by atoms with Gasteiger partial charge in [-0.15, -0.1) is 0 Å². The number of hydrogen-bond donors (Lipinski definition) is 1. The molecule has 1 N–H and O–H groups in total. The Morgan fingerprint density at radius 3 is 2.42 bits per heavy atom. The van der Waals surface area contributed by atoms with Crippen LogP contribution in [0.3, 0.4) is 0 Å². The van der Waals surface area contributed by atoms with Gasteiger partial charge in [0.1, 0.15) is 12.4 Å². The second-order valence-corrected chi connectivity index (χ2v) is 9.54. The summed E-state index contributed by atoms with van der Waals surface area (Å²) in [6.45, 7) is 2.89. The highest BCUT2D eigenvalue weighted by Gasteiger charge is 2.44. The molecule has 1 amide bonds. The zero-order chi connectivity index (χ0) is 27.4. The summed E-state index contributed by atoms with van der Waals surface area (Å²) >= 11 is 0. The van der Waals surface area contributed by atoms with Crippen LogP contribution in [0, 0.1) is 17.0 Å². The van der Waals surface area contributed by atoms with Gasteiger partial charge in [0.25, 0.3) is 11.6 Å². The average molecular weight is 516 g/mol. The number of nitro groups is 1. The average Bonchev–Trinajstić information content (AvgIpc) is 3.16. The van der Waals surface area contributed by atoms with Gasteiger partial charge in [-0.1, -0.05) is 54.3 Å². The summed E-state index contributed by atoms with van der Waals surface area (Å²) in [5.41, 5.74) is 1.88. The number of nitrogens with zero attached hydrogens (tertiary/aromatic N) is 2. The van der Waals surface area contributed by atoms with Crippen LogP contribution in [0.15, 0.2) is 78.4 Å². The summed E-state index contributed by atoms with van der Waals surface area (Å²) in [6.07, 6.45) is 0. The molecule has 1 saturated heterocycles. The number of nitro benzene ring substituents is 1. The Labute approximate surface area is 220 Å². The van der Waals surface area contributed by atoms with Crippen molar-refractivity contribution in [3.8, 4) is 5.75 Å². The Morgan fingerprint density at radius 2 is 1.76 bits per heavy atom. The van der Waals surface area contributed by atoms with Gasteiger partial charge in [0, 0.05) is 17.7 Å². The van der Waals surface area contributed by atoms with Gasteiger partial charge in [0.15, 0.2) is 0 Å². The van der Waals surface area contributed by atoms with E-state index < -0.39 is 28.4 Å². The van der Waals surface area contributed by atoms with Gasteiger partial charge >= 0.3 is 0 Å². The number of hydrogen-bond acceptors (Lipinski definition) is 6. The molecule has 0 radical (unpaired) electrons. The Bertz CT molecular complexity index is 1400. The van der Waals surface area contributed by atoms with Crippen molar-refractivity contribution in [2.24, 2.45) is 0 Å². The highest BCUT2D eigenvalue weighted by molar-refractivity contribution is 6.46. The molecule has 0 aliphatic carbocycles. The molecule has 3 aromatic rings. The fourth-order valence-corrected chi connectivity index (χ4v) is 4.44. The quantitative estimate of drug-likeness (QED) is 0.153. The van der Waals surface area contributed by atoms with Crippen LogP contribution in [0.25, 0.3) is 5.76 Å². The van der Waals surface area contributed by atoms with Crippen molar-refractivity contribution in [3.05, 3.63) is 111 Å². The molecule has 0 saturated carbocycles. The van der Waals surface area contributed by atoms with E-state index in [-0.39, 0.29) is 23.4 Å².